The Balaban J connectivity index is 1.61. The number of carbonyl (C=O) groups excluding carboxylic acids is 1. The smallest absolute Gasteiger partial charge is 0.229 e. The van der Waals surface area contributed by atoms with Gasteiger partial charge in [0.25, 0.3) is 0 Å². The number of halogens is 2. The lowest BCUT2D eigenvalue weighted by Crippen LogP contribution is -2.15. The molecule has 2 aromatic carbocycles. The minimum atomic E-state index is -0.910. The lowest BCUT2D eigenvalue weighted by Gasteiger charge is -2.07. The van der Waals surface area contributed by atoms with Gasteiger partial charge in [-0.15, -0.1) is 0 Å². The number of hydrogen-bond donors (Lipinski definition) is 1. The zero-order valence-corrected chi connectivity index (χ0v) is 16.1. The highest BCUT2D eigenvalue weighted by molar-refractivity contribution is 5.91. The lowest BCUT2D eigenvalue weighted by molar-refractivity contribution is -0.115. The van der Waals surface area contributed by atoms with Crippen molar-refractivity contribution in [2.75, 3.05) is 5.32 Å². The number of rotatable bonds is 6. The maximum atomic E-state index is 13.7. The van der Waals surface area contributed by atoms with Crippen molar-refractivity contribution < 1.29 is 13.6 Å². The number of carbonyl (C=O) groups is 1. The largest absolute Gasteiger partial charge is 0.309 e. The van der Waals surface area contributed by atoms with E-state index in [-0.39, 0.29) is 18.9 Å². The number of nitrogens with zero attached hydrogens (tertiary/aromatic N) is 3. The van der Waals surface area contributed by atoms with Crippen molar-refractivity contribution in [1.29, 1.82) is 5.26 Å². The predicted molar refractivity (Wildman–Crippen MR) is 105 cm³/mol. The molecule has 0 radical (unpaired) electrons. The first-order chi connectivity index (χ1) is 13.9. The summed E-state index contributed by atoms with van der Waals surface area (Å²) in [6.45, 7) is 4.32. The van der Waals surface area contributed by atoms with Crippen LogP contribution in [0.5, 0.6) is 0 Å². The van der Waals surface area contributed by atoms with Gasteiger partial charge >= 0.3 is 0 Å². The Morgan fingerprint density at radius 3 is 2.38 bits per heavy atom. The fourth-order valence-electron chi connectivity index (χ4n) is 2.92. The molecule has 3 aromatic rings. The summed E-state index contributed by atoms with van der Waals surface area (Å²) < 4.78 is 28.9. The summed E-state index contributed by atoms with van der Waals surface area (Å²) in [5.41, 5.74) is 1.83. The summed E-state index contributed by atoms with van der Waals surface area (Å²) in [4.78, 5) is 12.2. The second kappa shape index (κ2) is 8.65. The fraction of sp³-hybridized carbons (Fsp3) is 0.227. The van der Waals surface area contributed by atoms with Crippen LogP contribution < -0.4 is 5.32 Å². The molecule has 7 heteroatoms. The molecular weight excluding hydrogens is 374 g/mol. The zero-order valence-electron chi connectivity index (χ0n) is 16.1. The molecule has 0 aliphatic heterocycles. The molecule has 0 atom stereocenters. The number of nitrogens with one attached hydrogen (secondary N) is 1. The molecule has 0 bridgehead atoms. The number of anilines is 1. The van der Waals surface area contributed by atoms with Gasteiger partial charge in [0.15, 0.2) is 5.82 Å². The summed E-state index contributed by atoms with van der Waals surface area (Å²) in [6.07, 6.45) is 1.82. The number of nitriles is 1. The van der Waals surface area contributed by atoms with Crippen LogP contribution in [0.25, 0.3) is 0 Å². The number of amides is 1. The van der Waals surface area contributed by atoms with Gasteiger partial charge in [0, 0.05) is 12.3 Å². The van der Waals surface area contributed by atoms with Gasteiger partial charge in [-0.3, -0.25) is 9.48 Å². The van der Waals surface area contributed by atoms with Crippen LogP contribution in [0.1, 0.15) is 42.0 Å². The molecular formula is C22H20F2N4O. The minimum absolute atomic E-state index is 0.103. The van der Waals surface area contributed by atoms with Crippen LogP contribution in [0.3, 0.4) is 0 Å². The number of hydrogen-bond acceptors (Lipinski definition) is 3. The maximum Gasteiger partial charge on any atom is 0.229 e. The van der Waals surface area contributed by atoms with Crippen molar-refractivity contribution in [3.05, 3.63) is 82.5 Å². The maximum absolute atomic E-state index is 13.7. The van der Waals surface area contributed by atoms with E-state index in [4.69, 9.17) is 5.26 Å². The average molecular weight is 394 g/mol. The fourth-order valence-corrected chi connectivity index (χ4v) is 2.92. The van der Waals surface area contributed by atoms with Gasteiger partial charge in [0.05, 0.1) is 13.0 Å². The molecule has 0 spiro atoms. The molecule has 0 fully saturated rings. The number of aromatic nitrogens is 2. The van der Waals surface area contributed by atoms with Crippen LogP contribution in [-0.4, -0.2) is 15.7 Å². The molecule has 29 heavy (non-hydrogen) atoms. The predicted octanol–water partition coefficient (Wildman–Crippen LogP) is 4.39. The van der Waals surface area contributed by atoms with Crippen LogP contribution in [0.2, 0.25) is 0 Å². The van der Waals surface area contributed by atoms with Gasteiger partial charge in [0.2, 0.25) is 5.91 Å². The van der Waals surface area contributed by atoms with E-state index in [0.717, 1.165) is 17.7 Å². The van der Waals surface area contributed by atoms with Crippen LogP contribution >= 0.6 is 0 Å². The van der Waals surface area contributed by atoms with E-state index < -0.39 is 17.2 Å². The molecule has 1 heterocycles. The van der Waals surface area contributed by atoms with E-state index in [1.807, 2.05) is 24.3 Å². The van der Waals surface area contributed by atoms with Crippen molar-refractivity contribution in [3.8, 4) is 6.07 Å². The Labute approximate surface area is 167 Å². The van der Waals surface area contributed by atoms with Crippen LogP contribution in [0.15, 0.2) is 48.7 Å². The molecule has 3 rings (SSSR count). The molecule has 148 valence electrons. The molecule has 1 amide bonds. The summed E-state index contributed by atoms with van der Waals surface area (Å²) in [5.74, 6) is -1.25. The third kappa shape index (κ3) is 5.05. The summed E-state index contributed by atoms with van der Waals surface area (Å²) in [6, 6.07) is 13.2. The van der Waals surface area contributed by atoms with E-state index >= 15 is 0 Å². The van der Waals surface area contributed by atoms with Crippen molar-refractivity contribution in [2.45, 2.75) is 32.7 Å². The highest BCUT2D eigenvalue weighted by atomic mass is 19.1. The van der Waals surface area contributed by atoms with E-state index in [9.17, 15) is 13.6 Å². The Bertz CT molecular complexity index is 1040. The third-order valence-electron chi connectivity index (χ3n) is 4.48. The minimum Gasteiger partial charge on any atom is -0.309 e. The Morgan fingerprint density at radius 2 is 1.79 bits per heavy atom. The second-order valence-corrected chi connectivity index (χ2v) is 7.07. The first-order valence-electron chi connectivity index (χ1n) is 9.16. The van der Waals surface area contributed by atoms with Gasteiger partial charge in [-0.05, 0) is 34.7 Å². The highest BCUT2D eigenvalue weighted by Crippen LogP contribution is 2.17. The molecule has 1 aromatic heterocycles. The first-order valence-corrected chi connectivity index (χ1v) is 9.16. The zero-order chi connectivity index (χ0) is 21.0. The van der Waals surface area contributed by atoms with Crippen LogP contribution in [0.4, 0.5) is 14.6 Å². The summed E-state index contributed by atoms with van der Waals surface area (Å²) in [7, 11) is 0. The van der Waals surface area contributed by atoms with E-state index in [2.05, 4.69) is 24.3 Å². The normalized spacial score (nSPS) is 10.8. The van der Waals surface area contributed by atoms with Crippen molar-refractivity contribution in [1.82, 2.24) is 9.78 Å². The van der Waals surface area contributed by atoms with Gasteiger partial charge in [-0.2, -0.15) is 10.4 Å². The molecule has 0 aliphatic rings. The Morgan fingerprint density at radius 1 is 1.14 bits per heavy atom. The molecule has 0 saturated heterocycles. The van der Waals surface area contributed by atoms with Crippen molar-refractivity contribution in [2.24, 2.45) is 0 Å². The van der Waals surface area contributed by atoms with Gasteiger partial charge in [0.1, 0.15) is 23.3 Å². The van der Waals surface area contributed by atoms with Crippen molar-refractivity contribution in [3.63, 3.8) is 0 Å². The molecule has 0 saturated carbocycles. The van der Waals surface area contributed by atoms with Crippen LogP contribution in [0, 0.1) is 23.0 Å². The molecule has 1 N–H and O–H groups in total. The molecule has 0 unspecified atom stereocenters. The molecule has 5 nitrogen and oxygen atoms in total. The van der Waals surface area contributed by atoms with Gasteiger partial charge in [-0.25, -0.2) is 8.78 Å². The van der Waals surface area contributed by atoms with E-state index in [0.29, 0.717) is 17.3 Å². The number of benzene rings is 2. The average Bonchev–Trinajstić information content (AvgIpc) is 3.08. The lowest BCUT2D eigenvalue weighted by atomic mass is 10.0. The van der Waals surface area contributed by atoms with Crippen LogP contribution in [-0.2, 0) is 17.8 Å². The van der Waals surface area contributed by atoms with Crippen molar-refractivity contribution >= 4 is 11.7 Å². The Hall–Kier alpha value is -3.53. The first kappa shape index (κ1) is 20.2. The monoisotopic (exact) mass is 394 g/mol. The van der Waals surface area contributed by atoms with E-state index in [1.165, 1.54) is 16.3 Å². The van der Waals surface area contributed by atoms with E-state index in [1.54, 1.807) is 12.3 Å². The second-order valence-electron chi connectivity index (χ2n) is 7.07. The topological polar surface area (TPSA) is 70.7 Å². The van der Waals surface area contributed by atoms with Gasteiger partial charge in [-0.1, -0.05) is 38.1 Å². The quantitative estimate of drug-likeness (QED) is 0.674. The molecule has 0 aliphatic carbocycles. The van der Waals surface area contributed by atoms with Gasteiger partial charge < -0.3 is 5.32 Å². The third-order valence-corrected chi connectivity index (χ3v) is 4.48. The highest BCUT2D eigenvalue weighted by Gasteiger charge is 2.12. The summed E-state index contributed by atoms with van der Waals surface area (Å²) in [5, 5.41) is 15.6. The Kier molecular flexibility index (Phi) is 6.03. The standard InChI is InChI=1S/C22H20F2N4O/c1-14(2)17-5-3-15(4-6-17)11-22(29)26-21-7-8-28(27-21)13-16-9-19(23)18(12-25)20(24)10-16/h3-10,14H,11,13H2,1-2H3,(H,26,27,29). The SMILES string of the molecule is CC(C)c1ccc(CC(=O)Nc2ccn(Cc3cc(F)c(C#N)c(F)c3)n2)cc1. The summed E-state index contributed by atoms with van der Waals surface area (Å²) >= 11 is 0.